The molecule has 9 heteroatoms. The topological polar surface area (TPSA) is 79.7 Å². The molecule has 3 rings (SSSR count). The summed E-state index contributed by atoms with van der Waals surface area (Å²) >= 11 is 13.6. The van der Waals surface area contributed by atoms with Crippen molar-refractivity contribution in [3.63, 3.8) is 0 Å². The molecule has 1 aliphatic heterocycles. The molecule has 162 valence electrons. The van der Waals surface area contributed by atoms with E-state index < -0.39 is 11.9 Å². The standard InChI is InChI=1S/C21H24Cl2N2O4S/c1-12-10-29-6-5-13(12)7-14(8-19(26)27)20(28)25(2)21-24-18(11-30-21)16-9-15(22)3-4-17(16)23/h3-4,9,11-14H,5-8,10H2,1-2H3,(H,26,27)/t12-,13?,14?/m1/s1. The Morgan fingerprint density at radius 2 is 2.17 bits per heavy atom. The molecule has 1 N–H and O–H groups in total. The van der Waals surface area contributed by atoms with Crippen LogP contribution in [0.1, 0.15) is 26.2 Å². The average Bonchev–Trinajstić information content (AvgIpc) is 3.19. The molecular formula is C21H24Cl2N2O4S. The van der Waals surface area contributed by atoms with E-state index in [-0.39, 0.29) is 18.2 Å². The SMILES string of the molecule is C[C@@H]1COCCC1CC(CC(=O)O)C(=O)N(C)c1nc(-c2cc(Cl)ccc2Cl)cs1. The highest BCUT2D eigenvalue weighted by Crippen LogP contribution is 2.35. The number of rotatable bonds is 7. The molecule has 2 unspecified atom stereocenters. The lowest BCUT2D eigenvalue weighted by molar-refractivity contribution is -0.141. The van der Waals surface area contributed by atoms with Crippen LogP contribution in [0, 0.1) is 17.8 Å². The first-order valence-corrected chi connectivity index (χ1v) is 11.4. The van der Waals surface area contributed by atoms with Crippen molar-refractivity contribution in [1.82, 2.24) is 4.98 Å². The van der Waals surface area contributed by atoms with Gasteiger partial charge in [0, 0.05) is 42.1 Å². The Morgan fingerprint density at radius 1 is 1.40 bits per heavy atom. The van der Waals surface area contributed by atoms with Crippen LogP contribution in [0.5, 0.6) is 0 Å². The summed E-state index contributed by atoms with van der Waals surface area (Å²) in [7, 11) is 1.63. The fraction of sp³-hybridized carbons (Fsp3) is 0.476. The minimum atomic E-state index is -0.980. The molecule has 2 heterocycles. The summed E-state index contributed by atoms with van der Waals surface area (Å²) < 4.78 is 5.47. The number of carbonyl (C=O) groups is 2. The Labute approximate surface area is 189 Å². The average molecular weight is 471 g/mol. The second kappa shape index (κ2) is 10.1. The van der Waals surface area contributed by atoms with Crippen LogP contribution in [-0.2, 0) is 14.3 Å². The Balaban J connectivity index is 1.78. The van der Waals surface area contributed by atoms with Crippen molar-refractivity contribution in [2.75, 3.05) is 25.2 Å². The van der Waals surface area contributed by atoms with Crippen molar-refractivity contribution < 1.29 is 19.4 Å². The normalized spacial score (nSPS) is 20.0. The molecule has 0 spiro atoms. The van der Waals surface area contributed by atoms with Crippen LogP contribution in [0.2, 0.25) is 10.0 Å². The monoisotopic (exact) mass is 470 g/mol. The number of carboxylic acid groups (broad SMARTS) is 1. The minimum absolute atomic E-state index is 0.203. The van der Waals surface area contributed by atoms with E-state index in [9.17, 15) is 14.7 Å². The van der Waals surface area contributed by atoms with Gasteiger partial charge in [0.15, 0.2) is 5.13 Å². The second-order valence-electron chi connectivity index (χ2n) is 7.67. The number of aliphatic carboxylic acids is 1. The predicted molar refractivity (Wildman–Crippen MR) is 119 cm³/mol. The Hall–Kier alpha value is -1.67. The van der Waals surface area contributed by atoms with Gasteiger partial charge in [-0.3, -0.25) is 14.5 Å². The maximum atomic E-state index is 13.2. The Kier molecular flexibility index (Phi) is 7.74. The maximum absolute atomic E-state index is 13.2. The van der Waals surface area contributed by atoms with E-state index in [1.54, 1.807) is 25.2 Å². The van der Waals surface area contributed by atoms with Crippen LogP contribution in [-0.4, -0.2) is 42.2 Å². The number of nitrogens with zero attached hydrogens (tertiary/aromatic N) is 2. The molecule has 1 aromatic carbocycles. The van der Waals surface area contributed by atoms with Gasteiger partial charge in [-0.15, -0.1) is 11.3 Å². The Morgan fingerprint density at radius 3 is 2.87 bits per heavy atom. The smallest absolute Gasteiger partial charge is 0.304 e. The minimum Gasteiger partial charge on any atom is -0.481 e. The molecule has 0 bridgehead atoms. The molecule has 30 heavy (non-hydrogen) atoms. The van der Waals surface area contributed by atoms with E-state index in [4.69, 9.17) is 27.9 Å². The fourth-order valence-electron chi connectivity index (χ4n) is 3.73. The van der Waals surface area contributed by atoms with Crippen molar-refractivity contribution in [2.45, 2.75) is 26.2 Å². The van der Waals surface area contributed by atoms with Gasteiger partial charge in [-0.05, 0) is 42.9 Å². The Bertz CT molecular complexity index is 920. The summed E-state index contributed by atoms with van der Waals surface area (Å²) in [4.78, 5) is 30.6. The van der Waals surface area contributed by atoms with Crippen LogP contribution in [0.15, 0.2) is 23.6 Å². The number of anilines is 1. The van der Waals surface area contributed by atoms with Gasteiger partial charge >= 0.3 is 5.97 Å². The van der Waals surface area contributed by atoms with Crippen LogP contribution in [0.3, 0.4) is 0 Å². The first-order valence-electron chi connectivity index (χ1n) is 9.74. The molecule has 1 amide bonds. The van der Waals surface area contributed by atoms with Crippen LogP contribution >= 0.6 is 34.5 Å². The predicted octanol–water partition coefficient (Wildman–Crippen LogP) is 5.23. The number of hydrogen-bond acceptors (Lipinski definition) is 5. The van der Waals surface area contributed by atoms with Gasteiger partial charge in [0.05, 0.1) is 17.1 Å². The third kappa shape index (κ3) is 5.52. The van der Waals surface area contributed by atoms with Crippen LogP contribution in [0.4, 0.5) is 5.13 Å². The molecule has 0 radical (unpaired) electrons. The van der Waals surface area contributed by atoms with Crippen molar-refractivity contribution >= 4 is 51.5 Å². The highest BCUT2D eigenvalue weighted by Gasteiger charge is 2.32. The molecule has 6 nitrogen and oxygen atoms in total. The number of thiazole rings is 1. The van der Waals surface area contributed by atoms with Crippen molar-refractivity contribution in [3.05, 3.63) is 33.6 Å². The van der Waals surface area contributed by atoms with Gasteiger partial charge < -0.3 is 9.84 Å². The summed E-state index contributed by atoms with van der Waals surface area (Å²) in [5.74, 6) is -1.27. The lowest BCUT2D eigenvalue weighted by Gasteiger charge is -2.32. The van der Waals surface area contributed by atoms with Gasteiger partial charge in [-0.2, -0.15) is 0 Å². The number of carbonyl (C=O) groups excluding carboxylic acids is 1. The zero-order valence-electron chi connectivity index (χ0n) is 16.8. The molecule has 0 saturated carbocycles. The second-order valence-corrected chi connectivity index (χ2v) is 9.35. The molecule has 1 aromatic heterocycles. The molecule has 1 fully saturated rings. The van der Waals surface area contributed by atoms with E-state index >= 15 is 0 Å². The zero-order chi connectivity index (χ0) is 21.8. The quantitative estimate of drug-likeness (QED) is 0.598. The van der Waals surface area contributed by atoms with Crippen LogP contribution in [0.25, 0.3) is 11.3 Å². The molecule has 2 aromatic rings. The first-order chi connectivity index (χ1) is 14.3. The summed E-state index contributed by atoms with van der Waals surface area (Å²) in [5, 5.41) is 12.7. The molecule has 3 atom stereocenters. The summed E-state index contributed by atoms with van der Waals surface area (Å²) in [6.07, 6.45) is 1.16. The summed E-state index contributed by atoms with van der Waals surface area (Å²) in [6, 6.07) is 5.12. The molecule has 1 saturated heterocycles. The maximum Gasteiger partial charge on any atom is 0.304 e. The van der Waals surface area contributed by atoms with Gasteiger partial charge in [-0.25, -0.2) is 4.98 Å². The molecular weight excluding hydrogens is 447 g/mol. The molecule has 1 aliphatic rings. The van der Waals surface area contributed by atoms with Crippen LogP contribution < -0.4 is 4.90 Å². The lowest BCUT2D eigenvalue weighted by Crippen LogP contribution is -2.37. The highest BCUT2D eigenvalue weighted by molar-refractivity contribution is 7.14. The first kappa shape index (κ1) is 23.0. The van der Waals surface area contributed by atoms with E-state index in [2.05, 4.69) is 11.9 Å². The highest BCUT2D eigenvalue weighted by atomic mass is 35.5. The number of benzene rings is 1. The largest absolute Gasteiger partial charge is 0.481 e. The van der Waals surface area contributed by atoms with Gasteiger partial charge in [-0.1, -0.05) is 30.1 Å². The van der Waals surface area contributed by atoms with E-state index in [1.807, 2.05) is 5.38 Å². The van der Waals surface area contributed by atoms with Crippen molar-refractivity contribution in [3.8, 4) is 11.3 Å². The fourth-order valence-corrected chi connectivity index (χ4v) is 4.91. The third-order valence-corrected chi connectivity index (χ3v) is 6.97. The number of ether oxygens (including phenoxy) is 1. The number of aromatic nitrogens is 1. The number of amides is 1. The van der Waals surface area contributed by atoms with Gasteiger partial charge in [0.2, 0.25) is 5.91 Å². The van der Waals surface area contributed by atoms with E-state index in [0.29, 0.717) is 52.0 Å². The van der Waals surface area contributed by atoms with Crippen molar-refractivity contribution in [2.24, 2.45) is 17.8 Å². The van der Waals surface area contributed by atoms with E-state index in [1.165, 1.54) is 16.2 Å². The number of hydrogen-bond donors (Lipinski definition) is 1. The summed E-state index contributed by atoms with van der Waals surface area (Å²) in [5.41, 5.74) is 1.31. The third-order valence-electron chi connectivity index (χ3n) is 5.49. The van der Waals surface area contributed by atoms with Gasteiger partial charge in [0.25, 0.3) is 0 Å². The lowest BCUT2D eigenvalue weighted by atomic mass is 9.81. The van der Waals surface area contributed by atoms with Gasteiger partial charge in [0.1, 0.15) is 0 Å². The van der Waals surface area contributed by atoms with E-state index in [0.717, 1.165) is 6.42 Å². The number of halogens is 2. The summed E-state index contributed by atoms with van der Waals surface area (Å²) in [6.45, 7) is 3.37. The molecule has 0 aliphatic carbocycles. The zero-order valence-corrected chi connectivity index (χ0v) is 19.1. The van der Waals surface area contributed by atoms with Crippen molar-refractivity contribution in [1.29, 1.82) is 0 Å². The number of carboxylic acids is 1.